The molecule has 0 saturated carbocycles. The van der Waals surface area contributed by atoms with Gasteiger partial charge in [0.05, 0.1) is 6.54 Å². The summed E-state index contributed by atoms with van der Waals surface area (Å²) >= 11 is 0. The van der Waals surface area contributed by atoms with Crippen molar-refractivity contribution in [1.82, 2.24) is 14.7 Å². The Hall–Kier alpha value is -3.45. The van der Waals surface area contributed by atoms with E-state index in [1.807, 2.05) is 36.4 Å². The van der Waals surface area contributed by atoms with Gasteiger partial charge in [0.2, 0.25) is 5.91 Å². The molecule has 1 fully saturated rings. The zero-order valence-corrected chi connectivity index (χ0v) is 18.7. The maximum absolute atomic E-state index is 14.3. The highest BCUT2D eigenvalue weighted by Crippen LogP contribution is 2.19. The molecule has 7 heteroatoms. The number of benzene rings is 2. The van der Waals surface area contributed by atoms with Gasteiger partial charge >= 0.3 is 0 Å². The van der Waals surface area contributed by atoms with E-state index < -0.39 is 0 Å². The molecule has 0 unspecified atom stereocenters. The quantitative estimate of drug-likeness (QED) is 0.549. The van der Waals surface area contributed by atoms with Crippen LogP contribution < -0.4 is 0 Å². The van der Waals surface area contributed by atoms with Gasteiger partial charge in [0, 0.05) is 51.8 Å². The molecule has 0 atom stereocenters. The number of rotatable bonds is 7. The van der Waals surface area contributed by atoms with Crippen molar-refractivity contribution in [3.05, 3.63) is 95.2 Å². The van der Waals surface area contributed by atoms with Crippen LogP contribution in [0.3, 0.4) is 0 Å². The van der Waals surface area contributed by atoms with Gasteiger partial charge in [-0.05, 0) is 23.8 Å². The molecule has 2 heterocycles. The largest absolute Gasteiger partial charge is 0.455 e. The molecule has 172 valence electrons. The van der Waals surface area contributed by atoms with Gasteiger partial charge in [-0.3, -0.25) is 14.5 Å². The summed E-state index contributed by atoms with van der Waals surface area (Å²) in [4.78, 5) is 29.9. The summed E-state index contributed by atoms with van der Waals surface area (Å²) in [6, 6.07) is 20.2. The Kier molecular flexibility index (Phi) is 7.19. The summed E-state index contributed by atoms with van der Waals surface area (Å²) in [5, 5.41) is 0. The number of piperazine rings is 1. The average Bonchev–Trinajstić information content (AvgIpc) is 3.29. The molecule has 1 aromatic heterocycles. The number of hydrogen-bond acceptors (Lipinski definition) is 4. The maximum atomic E-state index is 14.3. The standard InChI is InChI=1S/C26H28FN3O3/c1-20(31)29-13-15-30(16-14-29)26(32)25-12-11-23(33-25)19-28(17-21-7-3-2-4-8-21)18-22-9-5-6-10-24(22)27/h2-12H,13-19H2,1H3. The fourth-order valence-corrected chi connectivity index (χ4v) is 4.06. The smallest absolute Gasteiger partial charge is 0.289 e. The zero-order valence-electron chi connectivity index (χ0n) is 18.7. The molecule has 6 nitrogen and oxygen atoms in total. The summed E-state index contributed by atoms with van der Waals surface area (Å²) in [6.07, 6.45) is 0. The minimum atomic E-state index is -0.240. The van der Waals surface area contributed by atoms with Crippen LogP contribution in [-0.4, -0.2) is 52.7 Å². The third-order valence-electron chi connectivity index (χ3n) is 5.86. The maximum Gasteiger partial charge on any atom is 0.289 e. The highest BCUT2D eigenvalue weighted by atomic mass is 19.1. The third-order valence-corrected chi connectivity index (χ3v) is 5.86. The van der Waals surface area contributed by atoms with Crippen LogP contribution in [0.5, 0.6) is 0 Å². The van der Waals surface area contributed by atoms with E-state index >= 15 is 0 Å². The Morgan fingerprint density at radius 3 is 2.21 bits per heavy atom. The molecule has 4 rings (SSSR count). The molecule has 2 amide bonds. The second-order valence-corrected chi connectivity index (χ2v) is 8.29. The highest BCUT2D eigenvalue weighted by molar-refractivity contribution is 5.91. The number of carbonyl (C=O) groups is 2. The highest BCUT2D eigenvalue weighted by Gasteiger charge is 2.25. The summed E-state index contributed by atoms with van der Waals surface area (Å²) < 4.78 is 20.2. The van der Waals surface area contributed by atoms with Gasteiger partial charge in [-0.25, -0.2) is 4.39 Å². The van der Waals surface area contributed by atoms with E-state index in [-0.39, 0.29) is 23.4 Å². The summed E-state index contributed by atoms with van der Waals surface area (Å²) in [6.45, 7) is 5.05. The Morgan fingerprint density at radius 2 is 1.52 bits per heavy atom. The van der Waals surface area contributed by atoms with Crippen molar-refractivity contribution in [3.8, 4) is 0 Å². The van der Waals surface area contributed by atoms with Crippen molar-refractivity contribution >= 4 is 11.8 Å². The van der Waals surface area contributed by atoms with E-state index in [2.05, 4.69) is 4.90 Å². The molecule has 0 aliphatic carbocycles. The van der Waals surface area contributed by atoms with E-state index in [4.69, 9.17) is 4.42 Å². The average molecular weight is 450 g/mol. The first kappa shape index (κ1) is 22.7. The van der Waals surface area contributed by atoms with E-state index in [0.29, 0.717) is 57.1 Å². The number of halogens is 1. The number of nitrogens with zero attached hydrogens (tertiary/aromatic N) is 3. The minimum Gasteiger partial charge on any atom is -0.455 e. The number of carbonyl (C=O) groups excluding carboxylic acids is 2. The van der Waals surface area contributed by atoms with Crippen LogP contribution >= 0.6 is 0 Å². The molecule has 1 saturated heterocycles. The Bertz CT molecular complexity index is 1090. The first-order valence-corrected chi connectivity index (χ1v) is 11.1. The van der Waals surface area contributed by atoms with Crippen LogP contribution in [0.2, 0.25) is 0 Å². The van der Waals surface area contributed by atoms with Crippen molar-refractivity contribution < 1.29 is 18.4 Å². The summed E-state index contributed by atoms with van der Waals surface area (Å²) in [5.41, 5.74) is 1.72. The van der Waals surface area contributed by atoms with E-state index in [0.717, 1.165) is 5.56 Å². The fourth-order valence-electron chi connectivity index (χ4n) is 4.06. The van der Waals surface area contributed by atoms with Crippen LogP contribution in [0.25, 0.3) is 0 Å². The second-order valence-electron chi connectivity index (χ2n) is 8.29. The van der Waals surface area contributed by atoms with E-state index in [9.17, 15) is 14.0 Å². The van der Waals surface area contributed by atoms with Gasteiger partial charge in [-0.2, -0.15) is 0 Å². The molecule has 0 bridgehead atoms. The van der Waals surface area contributed by atoms with E-state index in [1.165, 1.54) is 6.07 Å². The first-order chi connectivity index (χ1) is 16.0. The first-order valence-electron chi connectivity index (χ1n) is 11.1. The monoisotopic (exact) mass is 449 g/mol. The number of hydrogen-bond donors (Lipinski definition) is 0. The molecule has 2 aromatic carbocycles. The lowest BCUT2D eigenvalue weighted by Gasteiger charge is -2.33. The predicted octanol–water partition coefficient (Wildman–Crippen LogP) is 3.93. The molecule has 33 heavy (non-hydrogen) atoms. The molecule has 1 aliphatic rings. The predicted molar refractivity (Wildman–Crippen MR) is 123 cm³/mol. The van der Waals surface area contributed by atoms with Crippen LogP contribution in [-0.2, 0) is 24.4 Å². The lowest BCUT2D eigenvalue weighted by molar-refractivity contribution is -0.130. The van der Waals surface area contributed by atoms with Gasteiger partial charge in [-0.1, -0.05) is 48.5 Å². The lowest BCUT2D eigenvalue weighted by Crippen LogP contribution is -2.50. The van der Waals surface area contributed by atoms with Crippen LogP contribution in [0.1, 0.15) is 34.4 Å². The Morgan fingerprint density at radius 1 is 0.848 bits per heavy atom. The summed E-state index contributed by atoms with van der Waals surface area (Å²) in [5.74, 6) is 0.541. The third kappa shape index (κ3) is 5.87. The normalized spacial score (nSPS) is 14.0. The van der Waals surface area contributed by atoms with Gasteiger partial charge in [0.1, 0.15) is 11.6 Å². The van der Waals surface area contributed by atoms with Gasteiger partial charge in [0.15, 0.2) is 5.76 Å². The Balaban J connectivity index is 1.45. The number of furan rings is 1. The number of amides is 2. The van der Waals surface area contributed by atoms with Crippen molar-refractivity contribution in [2.45, 2.75) is 26.6 Å². The van der Waals surface area contributed by atoms with Crippen LogP contribution in [0.15, 0.2) is 71.1 Å². The van der Waals surface area contributed by atoms with Crippen LogP contribution in [0, 0.1) is 5.82 Å². The van der Waals surface area contributed by atoms with Crippen LogP contribution in [0.4, 0.5) is 4.39 Å². The summed E-state index contributed by atoms with van der Waals surface area (Å²) in [7, 11) is 0. The SMILES string of the molecule is CC(=O)N1CCN(C(=O)c2ccc(CN(Cc3ccccc3)Cc3ccccc3F)o2)CC1. The lowest BCUT2D eigenvalue weighted by atomic mass is 10.1. The Labute approximate surface area is 193 Å². The molecule has 1 aliphatic heterocycles. The van der Waals surface area contributed by atoms with Crippen molar-refractivity contribution in [2.75, 3.05) is 26.2 Å². The molecular weight excluding hydrogens is 421 g/mol. The van der Waals surface area contributed by atoms with Gasteiger partial charge in [0.25, 0.3) is 5.91 Å². The van der Waals surface area contributed by atoms with Crippen molar-refractivity contribution in [1.29, 1.82) is 0 Å². The van der Waals surface area contributed by atoms with E-state index in [1.54, 1.807) is 41.0 Å². The molecule has 3 aromatic rings. The zero-order chi connectivity index (χ0) is 23.2. The van der Waals surface area contributed by atoms with Crippen molar-refractivity contribution in [2.24, 2.45) is 0 Å². The van der Waals surface area contributed by atoms with Gasteiger partial charge < -0.3 is 14.2 Å². The second kappa shape index (κ2) is 10.4. The molecular formula is C26H28FN3O3. The molecule has 0 spiro atoms. The topological polar surface area (TPSA) is 57.0 Å². The van der Waals surface area contributed by atoms with Gasteiger partial charge in [-0.15, -0.1) is 0 Å². The minimum absolute atomic E-state index is 0.0238. The molecule has 0 radical (unpaired) electrons. The fraction of sp³-hybridized carbons (Fsp3) is 0.308. The van der Waals surface area contributed by atoms with Crippen molar-refractivity contribution in [3.63, 3.8) is 0 Å². The molecule has 0 N–H and O–H groups in total.